The minimum absolute atomic E-state index is 0.00105. The molecule has 4 saturated carbocycles. The zero-order valence-electron chi connectivity index (χ0n) is 12.5. The monoisotopic (exact) mass is 265 g/mol. The molecule has 2 N–H and O–H groups in total. The molecule has 0 aromatic rings. The fraction of sp³-hybridized carbons (Fsp3) is 0.938. The molecule has 4 bridgehead atoms. The van der Waals surface area contributed by atoms with Crippen molar-refractivity contribution in [3.8, 4) is 0 Å². The highest BCUT2D eigenvalue weighted by Crippen LogP contribution is 2.65. The zero-order valence-corrected chi connectivity index (χ0v) is 12.5. The fourth-order valence-corrected chi connectivity index (χ4v) is 5.47. The highest BCUT2D eigenvalue weighted by Gasteiger charge is 2.59. The maximum Gasteiger partial charge on any atom is 0.226 e. The Balaban J connectivity index is 1.82. The summed E-state index contributed by atoms with van der Waals surface area (Å²) in [6, 6.07) is 0. The van der Waals surface area contributed by atoms with E-state index < -0.39 is 5.54 Å². The van der Waals surface area contributed by atoms with Crippen molar-refractivity contribution in [2.24, 2.45) is 22.7 Å². The van der Waals surface area contributed by atoms with Gasteiger partial charge in [0.1, 0.15) is 0 Å². The van der Waals surface area contributed by atoms with Gasteiger partial charge in [-0.15, -0.1) is 0 Å². The Bertz CT molecular complexity index is 388. The van der Waals surface area contributed by atoms with Crippen molar-refractivity contribution >= 4 is 5.91 Å². The number of aliphatic hydroxyl groups excluding tert-OH is 1. The van der Waals surface area contributed by atoms with Crippen LogP contribution in [0.2, 0.25) is 0 Å². The summed E-state index contributed by atoms with van der Waals surface area (Å²) in [7, 11) is 0. The van der Waals surface area contributed by atoms with Gasteiger partial charge in [-0.25, -0.2) is 0 Å². The van der Waals surface area contributed by atoms with Crippen LogP contribution < -0.4 is 5.32 Å². The lowest BCUT2D eigenvalue weighted by Gasteiger charge is -2.60. The van der Waals surface area contributed by atoms with Gasteiger partial charge in [-0.3, -0.25) is 4.79 Å². The maximum atomic E-state index is 12.8. The number of rotatable bonds is 3. The molecule has 0 heterocycles. The number of nitrogens with one attached hydrogen (secondary N) is 1. The minimum Gasteiger partial charge on any atom is -0.394 e. The van der Waals surface area contributed by atoms with Crippen LogP contribution in [-0.2, 0) is 4.79 Å². The van der Waals surface area contributed by atoms with Gasteiger partial charge in [-0.1, -0.05) is 6.92 Å². The minimum atomic E-state index is -0.499. The molecule has 0 aliphatic heterocycles. The van der Waals surface area contributed by atoms with Crippen LogP contribution in [0.1, 0.15) is 59.3 Å². The Labute approximate surface area is 116 Å². The number of carbonyl (C=O) groups excluding carboxylic acids is 1. The van der Waals surface area contributed by atoms with E-state index in [1.54, 1.807) is 0 Å². The van der Waals surface area contributed by atoms with Crippen molar-refractivity contribution in [2.45, 2.75) is 64.8 Å². The van der Waals surface area contributed by atoms with Crippen LogP contribution in [0.3, 0.4) is 0 Å². The van der Waals surface area contributed by atoms with Crippen LogP contribution in [0.25, 0.3) is 0 Å². The van der Waals surface area contributed by atoms with Gasteiger partial charge in [0.25, 0.3) is 0 Å². The molecule has 4 aliphatic carbocycles. The van der Waals surface area contributed by atoms with Crippen molar-refractivity contribution in [2.75, 3.05) is 6.61 Å². The second-order valence-corrected chi connectivity index (χ2v) is 8.55. The molecule has 4 aliphatic rings. The molecule has 2 unspecified atom stereocenters. The van der Waals surface area contributed by atoms with Gasteiger partial charge >= 0.3 is 0 Å². The standard InChI is InChI=1S/C16H27NO2/c1-14(2,10-18)17-13(19)16-7-11-4-12(8-16)6-15(3,5-11)9-16/h11-12,18H,4-10H2,1-3H3,(H,17,19). The second-order valence-electron chi connectivity index (χ2n) is 8.55. The van der Waals surface area contributed by atoms with Crippen molar-refractivity contribution in [3.63, 3.8) is 0 Å². The summed E-state index contributed by atoms with van der Waals surface area (Å²) in [4.78, 5) is 12.8. The molecule has 0 saturated heterocycles. The second kappa shape index (κ2) is 3.97. The van der Waals surface area contributed by atoms with Gasteiger partial charge in [0.15, 0.2) is 0 Å². The van der Waals surface area contributed by atoms with Gasteiger partial charge in [0, 0.05) is 0 Å². The topological polar surface area (TPSA) is 49.3 Å². The van der Waals surface area contributed by atoms with Gasteiger partial charge in [-0.05, 0) is 69.6 Å². The van der Waals surface area contributed by atoms with E-state index in [1.165, 1.54) is 19.3 Å². The molecule has 0 spiro atoms. The quantitative estimate of drug-likeness (QED) is 0.823. The molecular weight excluding hydrogens is 238 g/mol. The molecule has 0 radical (unpaired) electrons. The SMILES string of the molecule is CC12CC3CC(C1)CC(C(=O)NC(C)(C)CO)(C3)C2. The molecule has 108 valence electrons. The first kappa shape index (κ1) is 13.4. The smallest absolute Gasteiger partial charge is 0.226 e. The molecule has 0 aromatic carbocycles. The van der Waals surface area contributed by atoms with E-state index in [0.29, 0.717) is 5.41 Å². The lowest BCUT2D eigenvalue weighted by molar-refractivity contribution is -0.157. The maximum absolute atomic E-state index is 12.8. The lowest BCUT2D eigenvalue weighted by atomic mass is 9.44. The predicted octanol–water partition coefficient (Wildman–Crippen LogP) is 2.48. The summed E-state index contributed by atoms with van der Waals surface area (Å²) >= 11 is 0. The van der Waals surface area contributed by atoms with Crippen LogP contribution in [-0.4, -0.2) is 23.2 Å². The Morgan fingerprint density at radius 2 is 1.84 bits per heavy atom. The summed E-state index contributed by atoms with van der Waals surface area (Å²) in [5.41, 5.74) is -0.239. The van der Waals surface area contributed by atoms with E-state index in [4.69, 9.17) is 0 Å². The van der Waals surface area contributed by atoms with E-state index in [1.807, 2.05) is 13.8 Å². The predicted molar refractivity (Wildman–Crippen MR) is 74.5 cm³/mol. The van der Waals surface area contributed by atoms with E-state index in [9.17, 15) is 9.90 Å². The normalized spacial score (nSPS) is 44.4. The Morgan fingerprint density at radius 3 is 2.32 bits per heavy atom. The number of amides is 1. The first-order valence-corrected chi connectivity index (χ1v) is 7.69. The zero-order chi connectivity index (χ0) is 13.9. The van der Waals surface area contributed by atoms with E-state index in [-0.39, 0.29) is 17.9 Å². The van der Waals surface area contributed by atoms with Crippen molar-refractivity contribution < 1.29 is 9.90 Å². The Morgan fingerprint density at radius 1 is 1.26 bits per heavy atom. The van der Waals surface area contributed by atoms with Crippen molar-refractivity contribution in [1.29, 1.82) is 0 Å². The summed E-state index contributed by atoms with van der Waals surface area (Å²) in [5.74, 6) is 1.72. The van der Waals surface area contributed by atoms with Gasteiger partial charge in [-0.2, -0.15) is 0 Å². The van der Waals surface area contributed by atoms with Crippen LogP contribution in [0, 0.1) is 22.7 Å². The molecule has 1 amide bonds. The highest BCUT2D eigenvalue weighted by atomic mass is 16.3. The van der Waals surface area contributed by atoms with Crippen molar-refractivity contribution in [1.82, 2.24) is 5.32 Å². The molecule has 2 atom stereocenters. The largest absolute Gasteiger partial charge is 0.394 e. The first-order valence-electron chi connectivity index (χ1n) is 7.69. The average molecular weight is 265 g/mol. The fourth-order valence-electron chi connectivity index (χ4n) is 5.47. The van der Waals surface area contributed by atoms with E-state index in [2.05, 4.69) is 12.2 Å². The molecular formula is C16H27NO2. The lowest BCUT2D eigenvalue weighted by Crippen LogP contribution is -2.60. The third-order valence-corrected chi connectivity index (χ3v) is 5.68. The average Bonchev–Trinajstić information content (AvgIpc) is 2.25. The number of hydrogen-bond donors (Lipinski definition) is 2. The van der Waals surface area contributed by atoms with Crippen molar-refractivity contribution in [3.05, 3.63) is 0 Å². The Kier molecular flexibility index (Phi) is 2.80. The number of hydrogen-bond acceptors (Lipinski definition) is 2. The van der Waals surface area contributed by atoms with Crippen LogP contribution in [0.15, 0.2) is 0 Å². The molecule has 4 rings (SSSR count). The third-order valence-electron chi connectivity index (χ3n) is 5.68. The molecule has 3 nitrogen and oxygen atoms in total. The number of aliphatic hydroxyl groups is 1. The van der Waals surface area contributed by atoms with Crippen LogP contribution >= 0.6 is 0 Å². The summed E-state index contributed by atoms with van der Waals surface area (Å²) < 4.78 is 0. The third kappa shape index (κ3) is 2.20. The van der Waals surface area contributed by atoms with Gasteiger partial charge in [0.05, 0.1) is 17.6 Å². The van der Waals surface area contributed by atoms with E-state index in [0.717, 1.165) is 31.1 Å². The summed E-state index contributed by atoms with van der Waals surface area (Å²) in [5, 5.41) is 12.5. The summed E-state index contributed by atoms with van der Waals surface area (Å²) in [6.07, 6.45) is 7.19. The van der Waals surface area contributed by atoms with Crippen LogP contribution in [0.5, 0.6) is 0 Å². The molecule has 0 aromatic heterocycles. The van der Waals surface area contributed by atoms with Crippen LogP contribution in [0.4, 0.5) is 0 Å². The summed E-state index contributed by atoms with van der Waals surface area (Å²) in [6.45, 7) is 6.17. The van der Waals surface area contributed by atoms with E-state index >= 15 is 0 Å². The highest BCUT2D eigenvalue weighted by molar-refractivity contribution is 5.84. The molecule has 19 heavy (non-hydrogen) atoms. The molecule has 4 fully saturated rings. The molecule has 3 heteroatoms. The number of carbonyl (C=O) groups is 1. The van der Waals surface area contributed by atoms with Gasteiger partial charge in [0.2, 0.25) is 5.91 Å². The Hall–Kier alpha value is -0.570. The van der Waals surface area contributed by atoms with Gasteiger partial charge < -0.3 is 10.4 Å². The first-order chi connectivity index (χ1) is 8.76.